The van der Waals surface area contributed by atoms with Crippen molar-refractivity contribution < 1.29 is 15.0 Å². The largest absolute Gasteiger partial charge is 0.388 e. The number of amides is 1. The molecule has 25 heavy (non-hydrogen) atoms. The van der Waals surface area contributed by atoms with Gasteiger partial charge in [0, 0.05) is 32.1 Å². The molecule has 5 heteroatoms. The monoisotopic (exact) mass is 348 g/mol. The molecule has 0 saturated carbocycles. The fourth-order valence-electron chi connectivity index (χ4n) is 3.35. The molecule has 0 bridgehead atoms. The van der Waals surface area contributed by atoms with Crippen LogP contribution in [-0.2, 0) is 11.2 Å². The molecule has 1 aromatic rings. The Kier molecular flexibility index (Phi) is 7.41. The molecule has 5 nitrogen and oxygen atoms in total. The Labute approximate surface area is 151 Å². The first kappa shape index (κ1) is 19.9. The van der Waals surface area contributed by atoms with Crippen LogP contribution in [0.15, 0.2) is 30.3 Å². The quantitative estimate of drug-likeness (QED) is 0.669. The van der Waals surface area contributed by atoms with E-state index in [2.05, 4.69) is 19.2 Å². The molecule has 0 spiro atoms. The molecule has 140 valence electrons. The average molecular weight is 348 g/mol. The molecule has 2 rings (SSSR count). The highest BCUT2D eigenvalue weighted by atomic mass is 16.3. The van der Waals surface area contributed by atoms with E-state index in [9.17, 15) is 15.0 Å². The van der Waals surface area contributed by atoms with Crippen molar-refractivity contribution in [3.8, 4) is 0 Å². The van der Waals surface area contributed by atoms with Gasteiger partial charge >= 0.3 is 0 Å². The number of aryl methyl sites for hydroxylation is 1. The molecule has 3 N–H and O–H groups in total. The van der Waals surface area contributed by atoms with Crippen molar-refractivity contribution in [2.75, 3.05) is 19.6 Å². The van der Waals surface area contributed by atoms with Crippen molar-refractivity contribution in [1.29, 1.82) is 0 Å². The van der Waals surface area contributed by atoms with Gasteiger partial charge in [-0.25, -0.2) is 0 Å². The fraction of sp³-hybridized carbons (Fsp3) is 0.650. The summed E-state index contributed by atoms with van der Waals surface area (Å²) in [7, 11) is 0. The van der Waals surface area contributed by atoms with Crippen molar-refractivity contribution >= 4 is 5.91 Å². The van der Waals surface area contributed by atoms with Gasteiger partial charge in [0.15, 0.2) is 0 Å². The summed E-state index contributed by atoms with van der Waals surface area (Å²) >= 11 is 0. The smallest absolute Gasteiger partial charge is 0.222 e. The number of nitrogens with one attached hydrogen (secondary N) is 1. The first-order chi connectivity index (χ1) is 12.0. The van der Waals surface area contributed by atoms with Crippen LogP contribution in [0.4, 0.5) is 0 Å². The molecule has 1 fully saturated rings. The van der Waals surface area contributed by atoms with Gasteiger partial charge in [0.05, 0.1) is 0 Å². The van der Waals surface area contributed by atoms with Crippen LogP contribution in [0.25, 0.3) is 0 Å². The Balaban J connectivity index is 1.82. The van der Waals surface area contributed by atoms with Gasteiger partial charge in [-0.1, -0.05) is 44.2 Å². The van der Waals surface area contributed by atoms with Crippen LogP contribution in [0.5, 0.6) is 0 Å². The second kappa shape index (κ2) is 9.32. The topological polar surface area (TPSA) is 72.8 Å². The number of aliphatic hydroxyl groups is 2. The number of hydrogen-bond donors (Lipinski definition) is 3. The lowest BCUT2D eigenvalue weighted by Gasteiger charge is -2.42. The number of rotatable bonds is 8. The Hall–Kier alpha value is -1.43. The van der Waals surface area contributed by atoms with E-state index in [1.165, 1.54) is 0 Å². The molecule has 0 radical (unpaired) electrons. The van der Waals surface area contributed by atoms with Crippen LogP contribution in [-0.4, -0.2) is 58.4 Å². The fourth-order valence-corrected chi connectivity index (χ4v) is 3.35. The van der Waals surface area contributed by atoms with E-state index in [1.807, 2.05) is 30.3 Å². The number of aliphatic hydroxyl groups excluding tert-OH is 1. The minimum atomic E-state index is -1.15. The SMILES string of the molecule is CCC(CC)NC[C@@]1(O)CCN(C(=O)CCc2ccccc2)C[C@@H]1O. The standard InChI is InChI=1S/C20H32N2O3/c1-3-17(4-2)21-15-20(25)12-13-22(14-18(20)23)19(24)11-10-16-8-6-5-7-9-16/h5-9,17-18,21,23,25H,3-4,10-15H2,1-2H3/t18-,20-/m0/s1. The Morgan fingerprint density at radius 2 is 2.00 bits per heavy atom. The minimum Gasteiger partial charge on any atom is -0.388 e. The third-order valence-electron chi connectivity index (χ3n) is 5.33. The maximum Gasteiger partial charge on any atom is 0.222 e. The predicted octanol–water partition coefficient (Wildman–Crippen LogP) is 1.72. The summed E-state index contributed by atoms with van der Waals surface area (Å²) < 4.78 is 0. The third-order valence-corrected chi connectivity index (χ3v) is 5.33. The zero-order valence-electron chi connectivity index (χ0n) is 15.4. The number of likely N-dealkylation sites (tertiary alicyclic amines) is 1. The van der Waals surface area contributed by atoms with Gasteiger partial charge in [0.1, 0.15) is 11.7 Å². The summed E-state index contributed by atoms with van der Waals surface area (Å²) in [4.78, 5) is 14.1. The molecule has 1 saturated heterocycles. The summed E-state index contributed by atoms with van der Waals surface area (Å²) in [6, 6.07) is 10.3. The van der Waals surface area contributed by atoms with Crippen molar-refractivity contribution in [1.82, 2.24) is 10.2 Å². The first-order valence-corrected chi connectivity index (χ1v) is 9.44. The number of hydrogen-bond acceptors (Lipinski definition) is 4. The van der Waals surface area contributed by atoms with E-state index in [0.717, 1.165) is 18.4 Å². The maximum atomic E-state index is 12.4. The van der Waals surface area contributed by atoms with Gasteiger partial charge in [-0.05, 0) is 31.2 Å². The molecule has 2 atom stereocenters. The highest BCUT2D eigenvalue weighted by molar-refractivity contribution is 5.76. The number of β-amino-alcohol motifs (C(OH)–C–C–N with tert-alkyl or cyclic N) is 1. The lowest BCUT2D eigenvalue weighted by atomic mass is 9.87. The van der Waals surface area contributed by atoms with Gasteiger partial charge in [-0.2, -0.15) is 0 Å². The summed E-state index contributed by atoms with van der Waals surface area (Å²) in [6.07, 6.45) is 2.61. The molecule has 1 aliphatic heterocycles. The zero-order valence-corrected chi connectivity index (χ0v) is 15.4. The van der Waals surface area contributed by atoms with Gasteiger partial charge in [0.25, 0.3) is 0 Å². The lowest BCUT2D eigenvalue weighted by molar-refractivity contribution is -0.148. The Bertz CT molecular complexity index is 533. The number of carbonyl (C=O) groups is 1. The Morgan fingerprint density at radius 1 is 1.32 bits per heavy atom. The van der Waals surface area contributed by atoms with Gasteiger partial charge < -0.3 is 20.4 Å². The number of carbonyl (C=O) groups excluding carboxylic acids is 1. The second-order valence-electron chi connectivity index (χ2n) is 7.09. The first-order valence-electron chi connectivity index (χ1n) is 9.44. The van der Waals surface area contributed by atoms with Gasteiger partial charge in [0.2, 0.25) is 5.91 Å². The molecule has 0 aromatic heterocycles. The van der Waals surface area contributed by atoms with Crippen LogP contribution in [0, 0.1) is 0 Å². The number of piperidine rings is 1. The molecule has 0 unspecified atom stereocenters. The van der Waals surface area contributed by atoms with E-state index in [4.69, 9.17) is 0 Å². The van der Waals surface area contributed by atoms with Crippen molar-refractivity contribution in [3.05, 3.63) is 35.9 Å². The highest BCUT2D eigenvalue weighted by Gasteiger charge is 2.41. The molecular weight excluding hydrogens is 316 g/mol. The third kappa shape index (κ3) is 5.53. The lowest BCUT2D eigenvalue weighted by Crippen LogP contribution is -2.61. The van der Waals surface area contributed by atoms with Gasteiger partial charge in [-0.3, -0.25) is 4.79 Å². The zero-order chi connectivity index (χ0) is 18.3. The van der Waals surface area contributed by atoms with Crippen LogP contribution < -0.4 is 5.32 Å². The number of benzene rings is 1. The number of nitrogens with zero attached hydrogens (tertiary/aromatic N) is 1. The molecule has 1 heterocycles. The van der Waals surface area contributed by atoms with Crippen LogP contribution in [0.3, 0.4) is 0 Å². The second-order valence-corrected chi connectivity index (χ2v) is 7.09. The van der Waals surface area contributed by atoms with Crippen molar-refractivity contribution in [3.63, 3.8) is 0 Å². The van der Waals surface area contributed by atoms with E-state index >= 15 is 0 Å². The summed E-state index contributed by atoms with van der Waals surface area (Å²) in [5.74, 6) is 0.0397. The average Bonchev–Trinajstić information content (AvgIpc) is 2.64. The summed E-state index contributed by atoms with van der Waals surface area (Å²) in [6.45, 7) is 5.28. The van der Waals surface area contributed by atoms with E-state index in [0.29, 0.717) is 38.4 Å². The Morgan fingerprint density at radius 3 is 2.60 bits per heavy atom. The molecule has 0 aliphatic carbocycles. The summed E-state index contributed by atoms with van der Waals surface area (Å²) in [5, 5.41) is 24.5. The predicted molar refractivity (Wildman–Crippen MR) is 99.3 cm³/mol. The molecule has 1 amide bonds. The minimum absolute atomic E-state index is 0.0397. The van der Waals surface area contributed by atoms with E-state index in [1.54, 1.807) is 4.90 Å². The van der Waals surface area contributed by atoms with E-state index < -0.39 is 11.7 Å². The summed E-state index contributed by atoms with van der Waals surface area (Å²) in [5.41, 5.74) is -0.0157. The normalized spacial score (nSPS) is 23.9. The van der Waals surface area contributed by atoms with Crippen molar-refractivity contribution in [2.24, 2.45) is 0 Å². The molecule has 1 aromatic carbocycles. The molecule has 1 aliphatic rings. The molecular formula is C20H32N2O3. The van der Waals surface area contributed by atoms with Crippen LogP contribution in [0.1, 0.15) is 45.1 Å². The maximum absolute atomic E-state index is 12.4. The van der Waals surface area contributed by atoms with Gasteiger partial charge in [-0.15, -0.1) is 0 Å². The van der Waals surface area contributed by atoms with Crippen LogP contribution >= 0.6 is 0 Å². The van der Waals surface area contributed by atoms with Crippen LogP contribution in [0.2, 0.25) is 0 Å². The van der Waals surface area contributed by atoms with E-state index in [-0.39, 0.29) is 12.5 Å². The van der Waals surface area contributed by atoms with Crippen molar-refractivity contribution in [2.45, 2.75) is 63.7 Å². The highest BCUT2D eigenvalue weighted by Crippen LogP contribution is 2.23.